The maximum Gasteiger partial charge on any atom is 0.0860 e. The molecule has 1 aromatic carbocycles. The molecule has 3 heteroatoms. The molecule has 2 N–H and O–H groups in total. The van der Waals surface area contributed by atoms with Crippen molar-refractivity contribution in [1.29, 1.82) is 0 Å². The largest absolute Gasteiger partial charge is 0.391 e. The third kappa shape index (κ3) is 2.73. The van der Waals surface area contributed by atoms with Crippen molar-refractivity contribution in [3.05, 3.63) is 30.3 Å². The summed E-state index contributed by atoms with van der Waals surface area (Å²) in [6.45, 7) is 8.16. The van der Waals surface area contributed by atoms with E-state index in [1.165, 1.54) is 5.19 Å². The van der Waals surface area contributed by atoms with E-state index in [0.29, 0.717) is 0 Å². The Labute approximate surface area is 99.0 Å². The third-order valence-corrected chi connectivity index (χ3v) is 8.10. The van der Waals surface area contributed by atoms with E-state index in [4.69, 9.17) is 0 Å². The van der Waals surface area contributed by atoms with Crippen LogP contribution in [0, 0.1) is 0 Å². The van der Waals surface area contributed by atoms with E-state index in [0.717, 1.165) is 0 Å². The zero-order valence-electron chi connectivity index (χ0n) is 10.5. The van der Waals surface area contributed by atoms with Gasteiger partial charge >= 0.3 is 0 Å². The molecule has 1 rings (SSSR count). The second-order valence-corrected chi connectivity index (χ2v) is 10.0. The minimum absolute atomic E-state index is 0.134. The Morgan fingerprint density at radius 2 is 1.50 bits per heavy atom. The van der Waals surface area contributed by atoms with Gasteiger partial charge in [0.2, 0.25) is 0 Å². The molecular weight excluding hydrogens is 216 g/mol. The highest BCUT2D eigenvalue weighted by atomic mass is 28.3. The van der Waals surface area contributed by atoms with Crippen LogP contribution in [-0.4, -0.2) is 30.5 Å². The molecule has 3 atom stereocenters. The first-order valence-electron chi connectivity index (χ1n) is 5.79. The normalized spacial score (nSPS) is 17.9. The van der Waals surface area contributed by atoms with Crippen molar-refractivity contribution in [2.45, 2.75) is 44.7 Å². The van der Waals surface area contributed by atoms with Crippen LogP contribution in [0.2, 0.25) is 18.6 Å². The number of aliphatic hydroxyl groups excluding tert-OH is 2. The fraction of sp³-hybridized carbons (Fsp3) is 0.538. The first-order valence-corrected chi connectivity index (χ1v) is 8.86. The van der Waals surface area contributed by atoms with Gasteiger partial charge in [-0.25, -0.2) is 0 Å². The molecule has 0 amide bonds. The van der Waals surface area contributed by atoms with Crippen molar-refractivity contribution in [2.75, 3.05) is 0 Å². The molecule has 0 heterocycles. The summed E-state index contributed by atoms with van der Waals surface area (Å²) in [5, 5.41) is 20.8. The Kier molecular flexibility index (Phi) is 4.30. The van der Waals surface area contributed by atoms with E-state index in [1.54, 1.807) is 6.92 Å². The van der Waals surface area contributed by atoms with Gasteiger partial charge in [0.05, 0.1) is 20.3 Å². The lowest BCUT2D eigenvalue weighted by molar-refractivity contribution is 0.0284. The number of aliphatic hydroxyl groups is 2. The van der Waals surface area contributed by atoms with E-state index in [-0.39, 0.29) is 5.54 Å². The molecule has 0 radical (unpaired) electrons. The zero-order valence-corrected chi connectivity index (χ0v) is 11.5. The van der Waals surface area contributed by atoms with Gasteiger partial charge in [-0.1, -0.05) is 55.5 Å². The fourth-order valence-corrected chi connectivity index (χ4v) is 4.68. The second kappa shape index (κ2) is 5.12. The maximum absolute atomic E-state index is 9.98. The molecule has 90 valence electrons. The van der Waals surface area contributed by atoms with Crippen molar-refractivity contribution < 1.29 is 10.2 Å². The summed E-state index contributed by atoms with van der Waals surface area (Å²) in [6, 6.07) is 10.3. The topological polar surface area (TPSA) is 40.5 Å². The summed E-state index contributed by atoms with van der Waals surface area (Å²) >= 11 is 0. The van der Waals surface area contributed by atoms with Crippen LogP contribution in [0.3, 0.4) is 0 Å². The molecule has 1 aromatic rings. The summed E-state index contributed by atoms with van der Waals surface area (Å²) in [4.78, 5) is 0. The Morgan fingerprint density at radius 3 is 1.94 bits per heavy atom. The lowest BCUT2D eigenvalue weighted by Crippen LogP contribution is -2.50. The van der Waals surface area contributed by atoms with Gasteiger partial charge in [-0.3, -0.25) is 0 Å². The molecular formula is C13H22O2Si. The van der Waals surface area contributed by atoms with Crippen molar-refractivity contribution in [1.82, 2.24) is 0 Å². The number of hydrogen-bond donors (Lipinski definition) is 2. The molecule has 2 nitrogen and oxygen atoms in total. The highest BCUT2D eigenvalue weighted by Gasteiger charge is 2.36. The highest BCUT2D eigenvalue weighted by molar-refractivity contribution is 6.91. The smallest absolute Gasteiger partial charge is 0.0860 e. The van der Waals surface area contributed by atoms with Gasteiger partial charge in [0.1, 0.15) is 0 Å². The van der Waals surface area contributed by atoms with E-state index < -0.39 is 20.3 Å². The summed E-state index contributed by atoms with van der Waals surface area (Å²) in [7, 11) is -1.72. The van der Waals surface area contributed by atoms with Gasteiger partial charge in [-0.05, 0) is 12.5 Å². The molecule has 0 unspecified atom stereocenters. The fourth-order valence-electron chi connectivity index (χ4n) is 1.98. The van der Waals surface area contributed by atoms with Crippen LogP contribution in [-0.2, 0) is 0 Å². The van der Waals surface area contributed by atoms with Gasteiger partial charge in [0.15, 0.2) is 0 Å². The van der Waals surface area contributed by atoms with Gasteiger partial charge in [-0.2, -0.15) is 0 Å². The van der Waals surface area contributed by atoms with Gasteiger partial charge < -0.3 is 10.2 Å². The summed E-state index contributed by atoms with van der Waals surface area (Å²) in [5.74, 6) is 0. The van der Waals surface area contributed by atoms with Crippen LogP contribution in [0.1, 0.15) is 13.8 Å². The quantitative estimate of drug-likeness (QED) is 0.784. The molecule has 0 spiro atoms. The van der Waals surface area contributed by atoms with Crippen LogP contribution >= 0.6 is 0 Å². The van der Waals surface area contributed by atoms with Crippen molar-refractivity contribution in [2.24, 2.45) is 0 Å². The third-order valence-electron chi connectivity index (χ3n) is 3.66. The molecule has 0 fully saturated rings. The lowest BCUT2D eigenvalue weighted by Gasteiger charge is -2.34. The average Bonchev–Trinajstić information content (AvgIpc) is 2.28. The van der Waals surface area contributed by atoms with Crippen LogP contribution in [0.25, 0.3) is 0 Å². The van der Waals surface area contributed by atoms with E-state index in [2.05, 4.69) is 25.2 Å². The van der Waals surface area contributed by atoms with Crippen LogP contribution in [0.5, 0.6) is 0 Å². The van der Waals surface area contributed by atoms with Gasteiger partial charge in [0.25, 0.3) is 0 Å². The van der Waals surface area contributed by atoms with Crippen molar-refractivity contribution in [3.63, 3.8) is 0 Å². The number of benzene rings is 1. The standard InChI is InChI=1S/C13H22O2Si/c1-10(14)13(15)11(2)16(3,4)12-8-6-5-7-9-12/h5-11,13-15H,1-4H3/t10-,11-,13-/m0/s1. The molecule has 0 aliphatic rings. The monoisotopic (exact) mass is 238 g/mol. The predicted molar refractivity (Wildman–Crippen MR) is 70.7 cm³/mol. The Bertz CT molecular complexity index is 322. The SMILES string of the molecule is C[C@H](O)[C@H](O)[C@H](C)[Si](C)(C)c1ccccc1. The van der Waals surface area contributed by atoms with Crippen molar-refractivity contribution in [3.8, 4) is 0 Å². The summed E-state index contributed by atoms with van der Waals surface area (Å²) in [6.07, 6.45) is -1.30. The predicted octanol–water partition coefficient (Wildman–Crippen LogP) is 1.73. The van der Waals surface area contributed by atoms with E-state index >= 15 is 0 Å². The average molecular weight is 238 g/mol. The molecule has 0 saturated heterocycles. The molecule has 0 saturated carbocycles. The second-order valence-electron chi connectivity index (χ2n) is 5.11. The van der Waals surface area contributed by atoms with Crippen molar-refractivity contribution >= 4 is 13.3 Å². The molecule has 0 bridgehead atoms. The van der Waals surface area contributed by atoms with Gasteiger partial charge in [-0.15, -0.1) is 0 Å². The van der Waals surface area contributed by atoms with Gasteiger partial charge in [0, 0.05) is 0 Å². The molecule has 0 aliphatic carbocycles. The Balaban J connectivity index is 2.93. The lowest BCUT2D eigenvalue weighted by atomic mass is 10.2. The Hall–Kier alpha value is -0.643. The number of rotatable bonds is 4. The van der Waals surface area contributed by atoms with Crippen LogP contribution in [0.4, 0.5) is 0 Å². The first kappa shape index (κ1) is 13.4. The minimum atomic E-state index is -1.72. The summed E-state index contributed by atoms with van der Waals surface area (Å²) < 4.78 is 0. The Morgan fingerprint density at radius 1 is 1.00 bits per heavy atom. The van der Waals surface area contributed by atoms with E-state index in [1.807, 2.05) is 25.1 Å². The number of hydrogen-bond acceptors (Lipinski definition) is 2. The minimum Gasteiger partial charge on any atom is -0.391 e. The zero-order chi connectivity index (χ0) is 12.3. The van der Waals surface area contributed by atoms with E-state index in [9.17, 15) is 10.2 Å². The van der Waals surface area contributed by atoms with Crippen LogP contribution < -0.4 is 5.19 Å². The maximum atomic E-state index is 9.98. The molecule has 0 aliphatic heterocycles. The summed E-state index contributed by atoms with van der Waals surface area (Å²) in [5.41, 5.74) is 0.134. The first-order chi connectivity index (χ1) is 7.37. The molecule has 16 heavy (non-hydrogen) atoms. The highest BCUT2D eigenvalue weighted by Crippen LogP contribution is 2.26. The van der Waals surface area contributed by atoms with Crippen LogP contribution in [0.15, 0.2) is 30.3 Å². The molecule has 0 aromatic heterocycles.